The summed E-state index contributed by atoms with van der Waals surface area (Å²) >= 11 is 0. The molecule has 7 heteroatoms. The number of ketones is 1. The first-order valence-corrected chi connectivity index (χ1v) is 10.7. The van der Waals surface area contributed by atoms with Gasteiger partial charge in [0.05, 0.1) is 5.56 Å². The third-order valence-corrected chi connectivity index (χ3v) is 6.07. The molecule has 0 aliphatic heterocycles. The van der Waals surface area contributed by atoms with Crippen LogP contribution in [0.25, 0.3) is 22.2 Å². The molecule has 0 radical (unpaired) electrons. The van der Waals surface area contributed by atoms with Crippen molar-refractivity contribution in [2.75, 3.05) is 0 Å². The van der Waals surface area contributed by atoms with Gasteiger partial charge in [-0.3, -0.25) is 9.59 Å². The highest BCUT2D eigenvalue weighted by Crippen LogP contribution is 2.30. The number of nitrogens with one attached hydrogen (secondary N) is 2. The van der Waals surface area contributed by atoms with Gasteiger partial charge in [-0.1, -0.05) is 36.2 Å². The summed E-state index contributed by atoms with van der Waals surface area (Å²) in [6.07, 6.45) is 5.94. The first kappa shape index (κ1) is 20.2. The molecule has 1 amide bonds. The van der Waals surface area contributed by atoms with E-state index in [2.05, 4.69) is 15.5 Å². The molecule has 1 fully saturated rings. The van der Waals surface area contributed by atoms with E-state index in [0.717, 1.165) is 25.7 Å². The van der Waals surface area contributed by atoms with Crippen LogP contribution in [0.3, 0.4) is 0 Å². The number of aromatic nitrogens is 2. The Hall–Kier alpha value is -3.74. The second-order valence-electron chi connectivity index (χ2n) is 8.22. The molecule has 5 rings (SSSR count). The van der Waals surface area contributed by atoms with Gasteiger partial charge in [-0.2, -0.15) is 0 Å². The Morgan fingerprint density at radius 3 is 2.75 bits per heavy atom. The van der Waals surface area contributed by atoms with Crippen molar-refractivity contribution in [2.45, 2.75) is 38.6 Å². The lowest BCUT2D eigenvalue weighted by molar-refractivity contribution is 0.0937. The summed E-state index contributed by atoms with van der Waals surface area (Å²) in [5, 5.41) is 7.77. The predicted molar refractivity (Wildman–Crippen MR) is 118 cm³/mol. The SMILES string of the molecule is Cc1onc(-c2cccc(F)c2)c1C(=O)c1c[nH]c2cc(C(=O)NC3CCCC3)ccc12. The molecule has 4 aromatic rings. The van der Waals surface area contributed by atoms with Crippen LogP contribution in [0.2, 0.25) is 0 Å². The lowest BCUT2D eigenvalue weighted by Crippen LogP contribution is -2.32. The fourth-order valence-corrected chi connectivity index (χ4v) is 4.40. The molecule has 1 saturated carbocycles. The number of benzene rings is 2. The molecule has 2 aromatic heterocycles. The fraction of sp³-hybridized carbons (Fsp3) is 0.240. The molecule has 0 atom stereocenters. The smallest absolute Gasteiger partial charge is 0.251 e. The van der Waals surface area contributed by atoms with Crippen LogP contribution < -0.4 is 5.32 Å². The van der Waals surface area contributed by atoms with Crippen molar-refractivity contribution >= 4 is 22.6 Å². The minimum absolute atomic E-state index is 0.107. The van der Waals surface area contributed by atoms with E-state index in [4.69, 9.17) is 4.52 Å². The Balaban J connectivity index is 1.47. The molecule has 0 bridgehead atoms. The van der Waals surface area contributed by atoms with E-state index in [9.17, 15) is 14.0 Å². The number of amides is 1. The third-order valence-electron chi connectivity index (χ3n) is 6.07. The van der Waals surface area contributed by atoms with Crippen LogP contribution in [0.1, 0.15) is 57.7 Å². The third kappa shape index (κ3) is 3.60. The van der Waals surface area contributed by atoms with Gasteiger partial charge in [0.15, 0.2) is 0 Å². The highest BCUT2D eigenvalue weighted by Gasteiger charge is 2.25. The second kappa shape index (κ2) is 8.07. The number of hydrogen-bond acceptors (Lipinski definition) is 4. The number of carbonyl (C=O) groups is 2. The van der Waals surface area contributed by atoms with Crippen molar-refractivity contribution in [3.8, 4) is 11.3 Å². The summed E-state index contributed by atoms with van der Waals surface area (Å²) in [5.41, 5.74) is 2.73. The number of rotatable bonds is 5. The zero-order valence-corrected chi connectivity index (χ0v) is 17.6. The molecule has 0 saturated heterocycles. The standard InChI is InChI=1S/C25H22FN3O3/c1-14-22(23(29-32-14)15-5-4-6-17(26)11-15)24(30)20-13-27-21-12-16(9-10-19(20)21)25(31)28-18-7-2-3-8-18/h4-6,9-13,18,27H,2-3,7-8H2,1H3,(H,28,31). The van der Waals surface area contributed by atoms with Gasteiger partial charge in [0.2, 0.25) is 5.78 Å². The summed E-state index contributed by atoms with van der Waals surface area (Å²) in [6.45, 7) is 1.66. The van der Waals surface area contributed by atoms with Gasteiger partial charge in [-0.15, -0.1) is 0 Å². The van der Waals surface area contributed by atoms with Gasteiger partial charge in [0.25, 0.3) is 5.91 Å². The lowest BCUT2D eigenvalue weighted by Gasteiger charge is -2.11. The first-order valence-electron chi connectivity index (χ1n) is 10.7. The summed E-state index contributed by atoms with van der Waals surface area (Å²) in [7, 11) is 0. The van der Waals surface area contributed by atoms with E-state index in [0.29, 0.717) is 44.6 Å². The van der Waals surface area contributed by atoms with Crippen LogP contribution in [-0.2, 0) is 0 Å². The summed E-state index contributed by atoms with van der Waals surface area (Å²) in [6, 6.07) is 11.4. The lowest BCUT2D eigenvalue weighted by atomic mass is 9.97. The highest BCUT2D eigenvalue weighted by atomic mass is 19.1. The van der Waals surface area contributed by atoms with Crippen LogP contribution in [0, 0.1) is 12.7 Å². The largest absolute Gasteiger partial charge is 0.360 e. The second-order valence-corrected chi connectivity index (χ2v) is 8.22. The van der Waals surface area contributed by atoms with Gasteiger partial charge >= 0.3 is 0 Å². The fourth-order valence-electron chi connectivity index (χ4n) is 4.40. The number of hydrogen-bond donors (Lipinski definition) is 2. The average Bonchev–Trinajstić information content (AvgIpc) is 3.52. The molecule has 2 heterocycles. The van der Waals surface area contributed by atoms with Crippen LogP contribution in [0.15, 0.2) is 53.2 Å². The molecule has 1 aliphatic rings. The molecule has 6 nitrogen and oxygen atoms in total. The van der Waals surface area contributed by atoms with E-state index in [-0.39, 0.29) is 17.7 Å². The Morgan fingerprint density at radius 1 is 1.16 bits per heavy atom. The number of carbonyl (C=O) groups excluding carboxylic acids is 2. The predicted octanol–water partition coefficient (Wildman–Crippen LogP) is 5.17. The van der Waals surface area contributed by atoms with Gasteiger partial charge in [0.1, 0.15) is 17.3 Å². The zero-order valence-electron chi connectivity index (χ0n) is 17.6. The van der Waals surface area contributed by atoms with Crippen LogP contribution in [-0.4, -0.2) is 27.9 Å². The summed E-state index contributed by atoms with van der Waals surface area (Å²) < 4.78 is 19.0. The highest BCUT2D eigenvalue weighted by molar-refractivity contribution is 6.19. The van der Waals surface area contributed by atoms with E-state index >= 15 is 0 Å². The molecule has 2 aromatic carbocycles. The zero-order chi connectivity index (χ0) is 22.2. The molecular weight excluding hydrogens is 409 g/mol. The maximum absolute atomic E-state index is 13.7. The van der Waals surface area contributed by atoms with Crippen molar-refractivity contribution in [3.05, 3.63) is 76.9 Å². The Bertz CT molecular complexity index is 1330. The Kier molecular flexibility index (Phi) is 5.09. The molecule has 0 unspecified atom stereocenters. The van der Waals surface area contributed by atoms with Crippen molar-refractivity contribution in [1.29, 1.82) is 0 Å². The molecule has 2 N–H and O–H groups in total. The van der Waals surface area contributed by atoms with Crippen molar-refractivity contribution in [3.63, 3.8) is 0 Å². The van der Waals surface area contributed by atoms with Crippen LogP contribution >= 0.6 is 0 Å². The van der Waals surface area contributed by atoms with E-state index in [1.165, 1.54) is 12.1 Å². The number of nitrogens with zero attached hydrogens (tertiary/aromatic N) is 1. The summed E-state index contributed by atoms with van der Waals surface area (Å²) in [4.78, 5) is 29.1. The first-order chi connectivity index (χ1) is 15.5. The van der Waals surface area contributed by atoms with Crippen LogP contribution in [0.5, 0.6) is 0 Å². The minimum Gasteiger partial charge on any atom is -0.360 e. The van der Waals surface area contributed by atoms with E-state index in [1.54, 1.807) is 43.5 Å². The topological polar surface area (TPSA) is 88.0 Å². The number of aryl methyl sites for hydroxylation is 1. The van der Waals surface area contributed by atoms with Gasteiger partial charge in [-0.25, -0.2) is 4.39 Å². The monoisotopic (exact) mass is 431 g/mol. The molecule has 32 heavy (non-hydrogen) atoms. The number of fused-ring (bicyclic) bond motifs is 1. The average molecular weight is 431 g/mol. The van der Waals surface area contributed by atoms with Crippen molar-refractivity contribution < 1.29 is 18.5 Å². The molecule has 1 aliphatic carbocycles. The van der Waals surface area contributed by atoms with Gasteiger partial charge < -0.3 is 14.8 Å². The normalized spacial score (nSPS) is 14.2. The molecular formula is C25H22FN3O3. The van der Waals surface area contributed by atoms with Crippen molar-refractivity contribution in [1.82, 2.24) is 15.5 Å². The number of aromatic amines is 1. The molecule has 0 spiro atoms. The van der Waals surface area contributed by atoms with Gasteiger partial charge in [-0.05, 0) is 44.0 Å². The quantitative estimate of drug-likeness (QED) is 0.427. The maximum Gasteiger partial charge on any atom is 0.251 e. The Morgan fingerprint density at radius 2 is 1.97 bits per heavy atom. The minimum atomic E-state index is -0.419. The summed E-state index contributed by atoms with van der Waals surface area (Å²) in [5.74, 6) is -0.449. The van der Waals surface area contributed by atoms with Gasteiger partial charge in [0, 0.05) is 39.8 Å². The van der Waals surface area contributed by atoms with E-state index < -0.39 is 5.82 Å². The van der Waals surface area contributed by atoms with E-state index in [1.807, 2.05) is 0 Å². The molecule has 162 valence electrons. The number of H-pyrrole nitrogens is 1. The maximum atomic E-state index is 13.7. The number of halogens is 1. The Labute approximate surface area is 183 Å². The van der Waals surface area contributed by atoms with Crippen molar-refractivity contribution in [2.24, 2.45) is 0 Å². The van der Waals surface area contributed by atoms with Crippen LogP contribution in [0.4, 0.5) is 4.39 Å².